The number of ether oxygens (including phenoxy) is 2. The summed E-state index contributed by atoms with van der Waals surface area (Å²) in [5.74, 6) is -0.587. The number of carboxylic acids is 1. The number of halogens is 4. The van der Waals surface area contributed by atoms with E-state index in [-0.39, 0.29) is 42.6 Å². The number of benzene rings is 2. The number of amides is 1. The van der Waals surface area contributed by atoms with Gasteiger partial charge < -0.3 is 19.5 Å². The van der Waals surface area contributed by atoms with Crippen LogP contribution in [-0.2, 0) is 17.5 Å². The lowest BCUT2D eigenvalue weighted by Gasteiger charge is -2.34. The van der Waals surface area contributed by atoms with E-state index in [0.29, 0.717) is 33.5 Å². The number of hydrogen-bond acceptors (Lipinski definition) is 8. The van der Waals surface area contributed by atoms with Gasteiger partial charge in [0.25, 0.3) is 0 Å². The predicted octanol–water partition coefficient (Wildman–Crippen LogP) is 6.79. The van der Waals surface area contributed by atoms with E-state index >= 15 is 0 Å². The molecular weight excluding hydrogens is 634 g/mol. The minimum atomic E-state index is -4.58. The highest BCUT2D eigenvalue weighted by Gasteiger charge is 2.42. The lowest BCUT2D eigenvalue weighted by Crippen LogP contribution is -2.49. The van der Waals surface area contributed by atoms with Crippen molar-refractivity contribution in [3.8, 4) is 28.1 Å². The maximum Gasteiger partial charge on any atom is 0.416 e. The second-order valence-corrected chi connectivity index (χ2v) is 12.0. The minimum Gasteiger partial charge on any atom is -0.481 e. The standard InChI is InChI=1S/C34H31F4N5O5/c1-17-7-21(10-23(8-17)34(36,37)38)29-19(3)43(33(46)48-29)16-28-27(13-40-32(41-28)42-14-24(35)15-42)26-11-22(12-39-30(26)47-4)25-6-5-20(31(44)45)9-18(25)2/h5-13,19,24,29H,14-16H2,1-4H3,(H,44,45)/t19-,29-/m0/s1. The Balaban J connectivity index is 1.40. The number of carbonyl (C=O) groups excluding carboxylic acids is 1. The van der Waals surface area contributed by atoms with Crippen LogP contribution in [0.5, 0.6) is 5.88 Å². The summed E-state index contributed by atoms with van der Waals surface area (Å²) in [5.41, 5.74) is 3.21. The number of aromatic carboxylic acids is 1. The zero-order valence-electron chi connectivity index (χ0n) is 26.4. The summed E-state index contributed by atoms with van der Waals surface area (Å²) >= 11 is 0. The van der Waals surface area contributed by atoms with E-state index in [1.807, 2.05) is 0 Å². The Kier molecular flexibility index (Phi) is 8.44. The first kappa shape index (κ1) is 32.7. The van der Waals surface area contributed by atoms with Crippen molar-refractivity contribution in [1.82, 2.24) is 19.9 Å². The number of rotatable bonds is 8. The molecule has 48 heavy (non-hydrogen) atoms. The highest BCUT2D eigenvalue weighted by molar-refractivity contribution is 5.89. The predicted molar refractivity (Wildman–Crippen MR) is 166 cm³/mol. The molecule has 2 aliphatic heterocycles. The molecule has 2 aromatic heterocycles. The molecule has 4 heterocycles. The number of carboxylic acid groups (broad SMARTS) is 1. The summed E-state index contributed by atoms with van der Waals surface area (Å²) in [5, 5.41) is 9.40. The topological polar surface area (TPSA) is 118 Å². The highest BCUT2D eigenvalue weighted by Crippen LogP contribution is 2.40. The molecule has 0 radical (unpaired) electrons. The second-order valence-electron chi connectivity index (χ2n) is 12.0. The Morgan fingerprint density at radius 1 is 1.04 bits per heavy atom. The maximum absolute atomic E-state index is 13.8. The molecule has 0 bridgehead atoms. The lowest BCUT2D eigenvalue weighted by molar-refractivity contribution is -0.137. The van der Waals surface area contributed by atoms with Crippen molar-refractivity contribution in [1.29, 1.82) is 0 Å². The smallest absolute Gasteiger partial charge is 0.416 e. The number of cyclic esters (lactones) is 1. The molecule has 2 aromatic carbocycles. The molecule has 14 heteroatoms. The maximum atomic E-state index is 13.8. The van der Waals surface area contributed by atoms with Crippen LogP contribution in [0.2, 0.25) is 0 Å². The molecular formula is C34H31F4N5O5. The first-order valence-corrected chi connectivity index (χ1v) is 15.0. The average Bonchev–Trinajstić information content (AvgIpc) is 3.30. The van der Waals surface area contributed by atoms with E-state index in [1.165, 1.54) is 24.3 Å². The Bertz CT molecular complexity index is 1910. The molecule has 1 amide bonds. The number of methoxy groups -OCH3 is 1. The van der Waals surface area contributed by atoms with E-state index in [4.69, 9.17) is 14.5 Å². The minimum absolute atomic E-state index is 0.101. The van der Waals surface area contributed by atoms with Crippen LogP contribution in [0.15, 0.2) is 54.9 Å². The van der Waals surface area contributed by atoms with E-state index in [2.05, 4.69) is 9.97 Å². The van der Waals surface area contributed by atoms with Gasteiger partial charge in [-0.25, -0.2) is 28.9 Å². The van der Waals surface area contributed by atoms with Crippen LogP contribution in [0.4, 0.5) is 28.3 Å². The number of hydrogen-bond donors (Lipinski definition) is 1. The zero-order chi connectivity index (χ0) is 34.5. The Morgan fingerprint density at radius 3 is 2.44 bits per heavy atom. The van der Waals surface area contributed by atoms with Crippen LogP contribution in [-0.4, -0.2) is 69.4 Å². The average molecular weight is 666 g/mol. The quantitative estimate of drug-likeness (QED) is 0.203. The molecule has 4 aromatic rings. The third-order valence-corrected chi connectivity index (χ3v) is 8.56. The van der Waals surface area contributed by atoms with E-state index in [9.17, 15) is 32.3 Å². The summed E-state index contributed by atoms with van der Waals surface area (Å²) < 4.78 is 65.8. The fourth-order valence-corrected chi connectivity index (χ4v) is 6.03. The van der Waals surface area contributed by atoms with E-state index in [1.54, 1.807) is 56.1 Å². The molecule has 0 unspecified atom stereocenters. The van der Waals surface area contributed by atoms with Gasteiger partial charge in [-0.3, -0.25) is 4.90 Å². The van der Waals surface area contributed by atoms with Gasteiger partial charge in [0.2, 0.25) is 11.8 Å². The van der Waals surface area contributed by atoms with Crippen molar-refractivity contribution in [3.05, 3.63) is 88.4 Å². The summed E-state index contributed by atoms with van der Waals surface area (Å²) in [4.78, 5) is 41.5. The van der Waals surface area contributed by atoms with Crippen molar-refractivity contribution in [2.75, 3.05) is 25.1 Å². The van der Waals surface area contributed by atoms with Crippen LogP contribution in [0, 0.1) is 13.8 Å². The normalized spacial score (nSPS) is 18.1. The van der Waals surface area contributed by atoms with Gasteiger partial charge in [0.15, 0.2) is 0 Å². The fourth-order valence-electron chi connectivity index (χ4n) is 6.03. The number of pyridine rings is 1. The van der Waals surface area contributed by atoms with Crippen LogP contribution in [0.3, 0.4) is 0 Å². The van der Waals surface area contributed by atoms with Gasteiger partial charge in [0, 0.05) is 29.1 Å². The Hall–Kier alpha value is -5.27. The summed E-state index contributed by atoms with van der Waals surface area (Å²) in [6.45, 7) is 5.09. The van der Waals surface area contributed by atoms with Gasteiger partial charge in [-0.2, -0.15) is 13.2 Å². The first-order valence-electron chi connectivity index (χ1n) is 15.0. The number of anilines is 1. The van der Waals surface area contributed by atoms with Crippen LogP contribution in [0.25, 0.3) is 22.3 Å². The molecule has 2 atom stereocenters. The monoisotopic (exact) mass is 665 g/mol. The number of aryl methyl sites for hydroxylation is 2. The molecule has 0 aliphatic carbocycles. The molecule has 250 valence electrons. The molecule has 6 rings (SSSR count). The van der Waals surface area contributed by atoms with Crippen LogP contribution in [0.1, 0.15) is 51.3 Å². The van der Waals surface area contributed by atoms with Gasteiger partial charge in [0.1, 0.15) is 12.3 Å². The highest BCUT2D eigenvalue weighted by atomic mass is 19.4. The van der Waals surface area contributed by atoms with Crippen molar-refractivity contribution < 1.29 is 41.7 Å². The largest absolute Gasteiger partial charge is 0.481 e. The molecule has 0 spiro atoms. The number of nitrogens with zero attached hydrogens (tertiary/aromatic N) is 5. The third kappa shape index (κ3) is 6.21. The van der Waals surface area contributed by atoms with E-state index in [0.717, 1.165) is 17.7 Å². The van der Waals surface area contributed by atoms with Crippen molar-refractivity contribution in [3.63, 3.8) is 0 Å². The summed E-state index contributed by atoms with van der Waals surface area (Å²) in [6.07, 6.45) is -4.21. The summed E-state index contributed by atoms with van der Waals surface area (Å²) in [7, 11) is 1.44. The van der Waals surface area contributed by atoms with Gasteiger partial charge in [0.05, 0.1) is 49.6 Å². The number of aromatic nitrogens is 3. The lowest BCUT2D eigenvalue weighted by atomic mass is 9.96. The molecule has 2 fully saturated rings. The third-order valence-electron chi connectivity index (χ3n) is 8.56. The molecule has 1 N–H and O–H groups in total. The van der Waals surface area contributed by atoms with Crippen LogP contribution < -0.4 is 9.64 Å². The van der Waals surface area contributed by atoms with Gasteiger partial charge in [-0.15, -0.1) is 0 Å². The van der Waals surface area contributed by atoms with Crippen molar-refractivity contribution >= 4 is 18.0 Å². The fraction of sp³-hybridized carbons (Fsp3) is 0.324. The van der Waals surface area contributed by atoms with Gasteiger partial charge >= 0.3 is 18.2 Å². The van der Waals surface area contributed by atoms with Crippen molar-refractivity contribution in [2.24, 2.45) is 0 Å². The number of alkyl halides is 4. The Labute approximate surface area is 273 Å². The van der Waals surface area contributed by atoms with E-state index < -0.39 is 42.1 Å². The van der Waals surface area contributed by atoms with Crippen LogP contribution >= 0.6 is 0 Å². The zero-order valence-corrected chi connectivity index (χ0v) is 26.4. The summed E-state index contributed by atoms with van der Waals surface area (Å²) in [6, 6.07) is 9.42. The molecule has 2 saturated heterocycles. The Morgan fingerprint density at radius 2 is 1.79 bits per heavy atom. The molecule has 2 aliphatic rings. The molecule has 10 nitrogen and oxygen atoms in total. The van der Waals surface area contributed by atoms with Gasteiger partial charge in [-0.05, 0) is 67.8 Å². The van der Waals surface area contributed by atoms with Gasteiger partial charge in [-0.1, -0.05) is 17.7 Å². The first-order chi connectivity index (χ1) is 22.7. The van der Waals surface area contributed by atoms with Crippen molar-refractivity contribution in [2.45, 2.75) is 51.8 Å². The SMILES string of the molecule is COc1ncc(-c2ccc(C(=O)O)cc2C)cc1-c1cnc(N2CC(F)C2)nc1CN1C(=O)O[C@H](c2cc(C)cc(C(F)(F)F)c2)[C@@H]1C. The molecule has 0 saturated carbocycles. The number of carbonyl (C=O) groups is 2. The second kappa shape index (κ2) is 12.4.